The molecule has 0 radical (unpaired) electrons. The molecule has 0 aliphatic carbocycles. The molecule has 0 bridgehead atoms. The zero-order chi connectivity index (χ0) is 13.3. The average molecular weight is 336 g/mol. The molecular formula is C13H16BrClO3. The fraction of sp³-hybridized carbons (Fsp3) is 0.538. The average Bonchev–Trinajstić information content (AvgIpc) is 2.65. The van der Waals surface area contributed by atoms with Gasteiger partial charge in [-0.05, 0) is 38.5 Å². The van der Waals surface area contributed by atoms with Gasteiger partial charge in [0.05, 0.1) is 11.6 Å². The van der Waals surface area contributed by atoms with E-state index in [1.807, 2.05) is 32.9 Å². The minimum absolute atomic E-state index is 0.0555. The van der Waals surface area contributed by atoms with Crippen molar-refractivity contribution in [3.8, 4) is 5.75 Å². The van der Waals surface area contributed by atoms with Crippen molar-refractivity contribution in [3.63, 3.8) is 0 Å². The summed E-state index contributed by atoms with van der Waals surface area (Å²) in [5.74, 6) is 0.152. The Morgan fingerprint density at radius 3 is 2.83 bits per heavy atom. The van der Waals surface area contributed by atoms with Crippen LogP contribution in [-0.2, 0) is 9.47 Å². The van der Waals surface area contributed by atoms with Gasteiger partial charge in [0.25, 0.3) is 0 Å². The minimum atomic E-state index is -0.520. The zero-order valence-electron chi connectivity index (χ0n) is 10.6. The lowest BCUT2D eigenvalue weighted by Crippen LogP contribution is -2.25. The van der Waals surface area contributed by atoms with E-state index < -0.39 is 5.79 Å². The predicted octanol–water partition coefficient (Wildman–Crippen LogP) is 3.94. The Morgan fingerprint density at radius 1 is 1.50 bits per heavy atom. The summed E-state index contributed by atoms with van der Waals surface area (Å²) in [6, 6.07) is 3.77. The highest BCUT2D eigenvalue weighted by Gasteiger charge is 2.33. The number of ether oxygens (including phenoxy) is 3. The molecule has 0 amide bonds. The number of hydrogen-bond donors (Lipinski definition) is 0. The van der Waals surface area contributed by atoms with E-state index in [0.717, 1.165) is 10.0 Å². The fourth-order valence-electron chi connectivity index (χ4n) is 1.78. The number of hydrogen-bond acceptors (Lipinski definition) is 3. The summed E-state index contributed by atoms with van der Waals surface area (Å²) in [4.78, 5) is 0. The summed E-state index contributed by atoms with van der Waals surface area (Å²) in [5, 5.41) is 0.627. The lowest BCUT2D eigenvalue weighted by Gasteiger charge is -2.17. The first kappa shape index (κ1) is 14.1. The third kappa shape index (κ3) is 3.18. The molecule has 1 aromatic rings. The Morgan fingerprint density at radius 2 is 2.22 bits per heavy atom. The number of halogens is 2. The quantitative estimate of drug-likeness (QED) is 0.837. The van der Waals surface area contributed by atoms with Gasteiger partial charge in [-0.1, -0.05) is 27.5 Å². The highest BCUT2D eigenvalue weighted by Crippen LogP contribution is 2.33. The van der Waals surface area contributed by atoms with Gasteiger partial charge in [-0.2, -0.15) is 0 Å². The topological polar surface area (TPSA) is 27.7 Å². The molecule has 1 aliphatic heterocycles. The van der Waals surface area contributed by atoms with Crippen LogP contribution in [-0.4, -0.2) is 25.1 Å². The van der Waals surface area contributed by atoms with Crippen LogP contribution in [0.4, 0.5) is 0 Å². The van der Waals surface area contributed by atoms with E-state index in [-0.39, 0.29) is 6.10 Å². The van der Waals surface area contributed by atoms with Crippen LogP contribution in [0.5, 0.6) is 5.75 Å². The molecule has 18 heavy (non-hydrogen) atoms. The van der Waals surface area contributed by atoms with Crippen molar-refractivity contribution in [1.82, 2.24) is 0 Å². The van der Waals surface area contributed by atoms with Crippen molar-refractivity contribution in [1.29, 1.82) is 0 Å². The molecule has 1 fully saturated rings. The first-order valence-electron chi connectivity index (χ1n) is 5.78. The molecule has 0 aromatic heterocycles. The smallest absolute Gasteiger partial charge is 0.163 e. The van der Waals surface area contributed by atoms with E-state index in [4.69, 9.17) is 25.8 Å². The van der Waals surface area contributed by atoms with Crippen molar-refractivity contribution >= 4 is 27.5 Å². The SMILES string of the molecule is Cc1c(Br)ccc(OCC2COC(C)(C)O2)c1Cl. The Bertz CT molecular complexity index is 448. The molecule has 5 heteroatoms. The molecule has 3 nitrogen and oxygen atoms in total. The van der Waals surface area contributed by atoms with Gasteiger partial charge in [-0.25, -0.2) is 0 Å². The molecule has 1 saturated heterocycles. The van der Waals surface area contributed by atoms with Crippen molar-refractivity contribution < 1.29 is 14.2 Å². The minimum Gasteiger partial charge on any atom is -0.489 e. The molecule has 100 valence electrons. The Labute approximate surface area is 120 Å². The maximum atomic E-state index is 6.21. The molecule has 1 aromatic carbocycles. The summed E-state index contributed by atoms with van der Waals surface area (Å²) in [6.45, 7) is 6.70. The van der Waals surface area contributed by atoms with Crippen molar-refractivity contribution in [2.45, 2.75) is 32.7 Å². The van der Waals surface area contributed by atoms with Crippen LogP contribution in [0.3, 0.4) is 0 Å². The van der Waals surface area contributed by atoms with Crippen molar-refractivity contribution in [2.75, 3.05) is 13.2 Å². The first-order valence-corrected chi connectivity index (χ1v) is 6.95. The van der Waals surface area contributed by atoms with Gasteiger partial charge in [0.1, 0.15) is 18.5 Å². The monoisotopic (exact) mass is 334 g/mol. The molecule has 2 rings (SSSR count). The van der Waals surface area contributed by atoms with E-state index in [1.165, 1.54) is 0 Å². The second kappa shape index (κ2) is 5.37. The summed E-state index contributed by atoms with van der Waals surface area (Å²) in [6.07, 6.45) is -0.0555. The van der Waals surface area contributed by atoms with Gasteiger partial charge in [0, 0.05) is 4.47 Å². The summed E-state index contributed by atoms with van der Waals surface area (Å²) >= 11 is 9.64. The van der Waals surface area contributed by atoms with E-state index in [0.29, 0.717) is 24.0 Å². The highest BCUT2D eigenvalue weighted by molar-refractivity contribution is 9.10. The predicted molar refractivity (Wildman–Crippen MR) is 74.3 cm³/mol. The molecule has 0 spiro atoms. The van der Waals surface area contributed by atoms with E-state index in [1.54, 1.807) is 0 Å². The van der Waals surface area contributed by atoms with Crippen LogP contribution < -0.4 is 4.74 Å². The number of rotatable bonds is 3. The van der Waals surface area contributed by atoms with Crippen molar-refractivity contribution in [2.24, 2.45) is 0 Å². The molecule has 0 N–H and O–H groups in total. The van der Waals surface area contributed by atoms with Gasteiger partial charge in [-0.15, -0.1) is 0 Å². The van der Waals surface area contributed by atoms with E-state index in [2.05, 4.69) is 15.9 Å². The van der Waals surface area contributed by atoms with Gasteiger partial charge in [0.15, 0.2) is 5.79 Å². The summed E-state index contributed by atoms with van der Waals surface area (Å²) in [7, 11) is 0. The highest BCUT2D eigenvalue weighted by atomic mass is 79.9. The molecule has 1 unspecified atom stereocenters. The van der Waals surface area contributed by atoms with Crippen LogP contribution in [0.15, 0.2) is 16.6 Å². The molecular weight excluding hydrogens is 319 g/mol. The van der Waals surface area contributed by atoms with E-state index >= 15 is 0 Å². The molecule has 1 heterocycles. The Balaban J connectivity index is 1.97. The molecule has 1 atom stereocenters. The Hall–Kier alpha value is -0.290. The van der Waals surface area contributed by atoms with Gasteiger partial charge in [-0.3, -0.25) is 0 Å². The lowest BCUT2D eigenvalue weighted by molar-refractivity contribution is -0.141. The van der Waals surface area contributed by atoms with Crippen molar-refractivity contribution in [3.05, 3.63) is 27.2 Å². The van der Waals surface area contributed by atoms with Crippen LogP contribution in [0.1, 0.15) is 19.4 Å². The molecule has 1 aliphatic rings. The number of benzene rings is 1. The van der Waals surface area contributed by atoms with E-state index in [9.17, 15) is 0 Å². The van der Waals surface area contributed by atoms with Crippen LogP contribution in [0.2, 0.25) is 5.02 Å². The first-order chi connectivity index (χ1) is 8.39. The third-order valence-corrected chi connectivity index (χ3v) is 4.11. The largest absolute Gasteiger partial charge is 0.489 e. The van der Waals surface area contributed by atoms with Crippen LogP contribution in [0.25, 0.3) is 0 Å². The third-order valence-electron chi connectivity index (χ3n) is 2.78. The lowest BCUT2D eigenvalue weighted by atomic mass is 10.2. The fourth-order valence-corrected chi connectivity index (χ4v) is 2.44. The van der Waals surface area contributed by atoms with Gasteiger partial charge < -0.3 is 14.2 Å². The van der Waals surface area contributed by atoms with Gasteiger partial charge >= 0.3 is 0 Å². The maximum absolute atomic E-state index is 6.21. The zero-order valence-corrected chi connectivity index (χ0v) is 13.0. The van der Waals surface area contributed by atoms with Crippen LogP contribution >= 0.6 is 27.5 Å². The maximum Gasteiger partial charge on any atom is 0.163 e. The summed E-state index contributed by atoms with van der Waals surface area (Å²) in [5.41, 5.74) is 0.970. The normalized spacial score (nSPS) is 22.2. The van der Waals surface area contributed by atoms with Crippen LogP contribution in [0, 0.1) is 6.92 Å². The summed E-state index contributed by atoms with van der Waals surface area (Å²) < 4.78 is 17.8. The second-order valence-corrected chi connectivity index (χ2v) is 5.98. The van der Waals surface area contributed by atoms with Gasteiger partial charge in [0.2, 0.25) is 0 Å². The Kier molecular flexibility index (Phi) is 4.22. The molecule has 0 saturated carbocycles. The standard InChI is InChI=1S/C13H16BrClO3/c1-8-10(14)4-5-11(12(8)15)16-6-9-7-17-13(2,3)18-9/h4-5,9H,6-7H2,1-3H3. The second-order valence-electron chi connectivity index (χ2n) is 4.75.